The molecule has 0 saturated carbocycles. The number of nitrogens with zero attached hydrogens (tertiary/aromatic N) is 2. The molecule has 2 aliphatic rings. The van der Waals surface area contributed by atoms with E-state index in [1.54, 1.807) is 19.1 Å². The molecule has 7 nitrogen and oxygen atoms in total. The Morgan fingerprint density at radius 2 is 1.97 bits per heavy atom. The van der Waals surface area contributed by atoms with Crippen molar-refractivity contribution in [3.8, 4) is 5.75 Å². The minimum Gasteiger partial charge on any atom is -0.462 e. The zero-order valence-corrected chi connectivity index (χ0v) is 16.4. The summed E-state index contributed by atoms with van der Waals surface area (Å²) < 4.78 is 23.9. The van der Waals surface area contributed by atoms with Gasteiger partial charge in [-0.1, -0.05) is 11.6 Å². The SMILES string of the molecule is CCOC(=O)C1=C2Oc3ccc(Cl)cc3N2C(=O)C(=NC(=O)c2ccc(F)cc2)C1. The Labute approximate surface area is 175 Å². The third-order valence-corrected chi connectivity index (χ3v) is 4.71. The lowest BCUT2D eigenvalue weighted by atomic mass is 10.0. The van der Waals surface area contributed by atoms with Gasteiger partial charge in [0.2, 0.25) is 5.88 Å². The van der Waals surface area contributed by atoms with Crippen LogP contribution >= 0.6 is 11.6 Å². The summed E-state index contributed by atoms with van der Waals surface area (Å²) in [6, 6.07) is 9.42. The third kappa shape index (κ3) is 3.46. The lowest BCUT2D eigenvalue weighted by molar-refractivity contribution is -0.138. The molecule has 0 N–H and O–H groups in total. The minimum absolute atomic E-state index is 0.00361. The highest BCUT2D eigenvalue weighted by Crippen LogP contribution is 2.44. The van der Waals surface area contributed by atoms with Gasteiger partial charge in [0.05, 0.1) is 12.3 Å². The number of fused-ring (bicyclic) bond motifs is 3. The molecule has 0 unspecified atom stereocenters. The Morgan fingerprint density at radius 3 is 2.67 bits per heavy atom. The van der Waals surface area contributed by atoms with E-state index in [1.165, 1.54) is 18.2 Å². The van der Waals surface area contributed by atoms with Crippen LogP contribution < -0.4 is 9.64 Å². The molecule has 2 amide bonds. The van der Waals surface area contributed by atoms with Crippen LogP contribution in [0.15, 0.2) is 58.9 Å². The second kappa shape index (κ2) is 7.72. The molecule has 0 saturated heterocycles. The molecule has 0 fully saturated rings. The molecule has 2 aliphatic heterocycles. The van der Waals surface area contributed by atoms with Crippen molar-refractivity contribution in [2.45, 2.75) is 13.3 Å². The van der Waals surface area contributed by atoms with E-state index in [0.29, 0.717) is 16.5 Å². The fraction of sp³-hybridized carbons (Fsp3) is 0.143. The van der Waals surface area contributed by atoms with Gasteiger partial charge in [-0.3, -0.25) is 9.59 Å². The highest BCUT2D eigenvalue weighted by atomic mass is 35.5. The van der Waals surface area contributed by atoms with Crippen LogP contribution in [0.2, 0.25) is 5.02 Å². The van der Waals surface area contributed by atoms with E-state index in [0.717, 1.165) is 17.0 Å². The molecule has 0 aliphatic carbocycles. The summed E-state index contributed by atoms with van der Waals surface area (Å²) >= 11 is 6.05. The molecule has 0 spiro atoms. The van der Waals surface area contributed by atoms with E-state index in [4.69, 9.17) is 21.1 Å². The molecule has 2 aromatic rings. The standard InChI is InChI=1S/C21H14ClFN2O5/c1-2-29-21(28)14-10-15(24-18(26)11-3-6-13(23)7-4-11)19(27)25-16-9-12(22)5-8-17(16)30-20(14)25/h3-9H,2,10H2,1H3. The molecule has 0 aromatic heterocycles. The lowest BCUT2D eigenvalue weighted by Gasteiger charge is -2.24. The average Bonchev–Trinajstić information content (AvgIpc) is 3.09. The van der Waals surface area contributed by atoms with Crippen LogP contribution in [0.1, 0.15) is 23.7 Å². The van der Waals surface area contributed by atoms with Crippen LogP contribution in [-0.4, -0.2) is 30.1 Å². The monoisotopic (exact) mass is 428 g/mol. The first kappa shape index (κ1) is 19.8. The van der Waals surface area contributed by atoms with Crippen molar-refractivity contribution in [3.05, 3.63) is 70.3 Å². The number of ether oxygens (including phenoxy) is 2. The smallest absolute Gasteiger partial charge is 0.339 e. The van der Waals surface area contributed by atoms with Gasteiger partial charge in [-0.25, -0.2) is 19.1 Å². The van der Waals surface area contributed by atoms with Crippen molar-refractivity contribution >= 4 is 40.8 Å². The zero-order chi connectivity index (χ0) is 21.4. The number of hydrogen-bond acceptors (Lipinski definition) is 5. The van der Waals surface area contributed by atoms with Crippen LogP contribution in [-0.2, 0) is 14.3 Å². The first-order valence-corrected chi connectivity index (χ1v) is 9.36. The van der Waals surface area contributed by atoms with E-state index in [1.807, 2.05) is 0 Å². The minimum atomic E-state index is -0.739. The maximum atomic E-state index is 13.1. The predicted molar refractivity (Wildman–Crippen MR) is 106 cm³/mol. The van der Waals surface area contributed by atoms with Crippen molar-refractivity contribution < 1.29 is 28.2 Å². The summed E-state index contributed by atoms with van der Waals surface area (Å²) in [6.07, 6.45) is -0.252. The maximum Gasteiger partial charge on any atom is 0.339 e. The van der Waals surface area contributed by atoms with E-state index < -0.39 is 23.6 Å². The van der Waals surface area contributed by atoms with E-state index in [9.17, 15) is 18.8 Å². The fourth-order valence-corrected chi connectivity index (χ4v) is 3.27. The molecular weight excluding hydrogens is 415 g/mol. The predicted octanol–water partition coefficient (Wildman–Crippen LogP) is 3.66. The Kier molecular flexibility index (Phi) is 5.09. The Bertz CT molecular complexity index is 1140. The Balaban J connectivity index is 1.78. The van der Waals surface area contributed by atoms with Crippen LogP contribution in [0.4, 0.5) is 10.1 Å². The maximum absolute atomic E-state index is 13.1. The molecule has 9 heteroatoms. The highest BCUT2D eigenvalue weighted by molar-refractivity contribution is 6.48. The molecule has 30 heavy (non-hydrogen) atoms. The van der Waals surface area contributed by atoms with Crippen molar-refractivity contribution in [3.63, 3.8) is 0 Å². The average molecular weight is 429 g/mol. The number of anilines is 1. The lowest BCUT2D eigenvalue weighted by Crippen LogP contribution is -2.41. The van der Waals surface area contributed by atoms with E-state index in [2.05, 4.69) is 4.99 Å². The number of aliphatic imine (C=N–C) groups is 1. The number of benzene rings is 2. The number of rotatable bonds is 3. The van der Waals surface area contributed by atoms with Gasteiger partial charge < -0.3 is 9.47 Å². The van der Waals surface area contributed by atoms with Crippen LogP contribution in [0.3, 0.4) is 0 Å². The summed E-state index contributed by atoms with van der Waals surface area (Å²) in [4.78, 5) is 43.1. The molecule has 4 rings (SSSR count). The van der Waals surface area contributed by atoms with Gasteiger partial charge in [-0.15, -0.1) is 0 Å². The van der Waals surface area contributed by atoms with Crippen molar-refractivity contribution in [2.75, 3.05) is 11.5 Å². The molecule has 152 valence electrons. The molecule has 0 radical (unpaired) electrons. The fourth-order valence-electron chi connectivity index (χ4n) is 3.10. The third-order valence-electron chi connectivity index (χ3n) is 4.47. The van der Waals surface area contributed by atoms with Gasteiger partial charge in [0.15, 0.2) is 5.75 Å². The Morgan fingerprint density at radius 1 is 1.23 bits per heavy atom. The normalized spacial score (nSPS) is 16.3. The number of carbonyl (C=O) groups is 3. The summed E-state index contributed by atoms with van der Waals surface area (Å²) in [5, 5.41) is 0.357. The highest BCUT2D eigenvalue weighted by Gasteiger charge is 2.43. The first-order chi connectivity index (χ1) is 14.4. The van der Waals surface area contributed by atoms with Gasteiger partial charge in [-0.05, 0) is 49.4 Å². The van der Waals surface area contributed by atoms with E-state index >= 15 is 0 Å². The molecule has 2 aromatic carbocycles. The van der Waals surface area contributed by atoms with Gasteiger partial charge in [0, 0.05) is 17.0 Å². The van der Waals surface area contributed by atoms with Gasteiger partial charge >= 0.3 is 5.97 Å². The summed E-state index contributed by atoms with van der Waals surface area (Å²) in [5.41, 5.74) is 0.304. The molecular formula is C21H14ClFN2O5. The van der Waals surface area contributed by atoms with Crippen molar-refractivity contribution in [1.82, 2.24) is 0 Å². The second-order valence-electron chi connectivity index (χ2n) is 6.41. The first-order valence-electron chi connectivity index (χ1n) is 8.98. The van der Waals surface area contributed by atoms with Gasteiger partial charge in [0.1, 0.15) is 17.1 Å². The number of carbonyl (C=O) groups excluding carboxylic acids is 3. The summed E-state index contributed by atoms with van der Waals surface area (Å²) in [5.74, 6) is -2.23. The topological polar surface area (TPSA) is 85.3 Å². The largest absolute Gasteiger partial charge is 0.462 e. The van der Waals surface area contributed by atoms with E-state index in [-0.39, 0.29) is 35.8 Å². The van der Waals surface area contributed by atoms with Gasteiger partial charge in [0.25, 0.3) is 11.8 Å². The van der Waals surface area contributed by atoms with Crippen LogP contribution in [0.25, 0.3) is 0 Å². The van der Waals surface area contributed by atoms with Gasteiger partial charge in [-0.2, -0.15) is 0 Å². The van der Waals surface area contributed by atoms with Crippen molar-refractivity contribution in [2.24, 2.45) is 4.99 Å². The zero-order valence-electron chi connectivity index (χ0n) is 15.6. The molecule has 0 bridgehead atoms. The molecule has 2 heterocycles. The summed E-state index contributed by atoms with van der Waals surface area (Å²) in [7, 11) is 0. The number of amides is 2. The molecule has 0 atom stereocenters. The Hall–Kier alpha value is -3.52. The number of esters is 1. The van der Waals surface area contributed by atoms with Crippen molar-refractivity contribution in [1.29, 1.82) is 0 Å². The summed E-state index contributed by atoms with van der Waals surface area (Å²) in [6.45, 7) is 1.76. The number of halogens is 2. The second-order valence-corrected chi connectivity index (χ2v) is 6.84. The number of hydrogen-bond donors (Lipinski definition) is 0. The van der Waals surface area contributed by atoms with Crippen LogP contribution in [0, 0.1) is 5.82 Å². The van der Waals surface area contributed by atoms with Crippen LogP contribution in [0.5, 0.6) is 5.75 Å². The quantitative estimate of drug-likeness (QED) is 0.696.